The molecule has 0 radical (unpaired) electrons. The van der Waals surface area contributed by atoms with Crippen molar-refractivity contribution in [2.24, 2.45) is 5.41 Å². The topological polar surface area (TPSA) is 9.23 Å². The van der Waals surface area contributed by atoms with E-state index in [1.807, 2.05) is 0 Å². The fourth-order valence-corrected chi connectivity index (χ4v) is 3.63. The first-order chi connectivity index (χ1) is 8.26. The van der Waals surface area contributed by atoms with Crippen molar-refractivity contribution in [2.45, 2.75) is 46.1 Å². The first kappa shape index (κ1) is 15.2. The fourth-order valence-electron chi connectivity index (χ4n) is 2.27. The Morgan fingerprint density at radius 3 is 2.47 bits per heavy atom. The van der Waals surface area contributed by atoms with E-state index < -0.39 is 0 Å². The largest absolute Gasteiger partial charge is 0.375 e. The molecule has 0 aliphatic carbocycles. The zero-order valence-corrected chi connectivity index (χ0v) is 13.3. The smallest absolute Gasteiger partial charge is 0.0809 e. The summed E-state index contributed by atoms with van der Waals surface area (Å²) in [4.78, 5) is 1.32. The molecule has 1 heterocycles. The van der Waals surface area contributed by atoms with Crippen molar-refractivity contribution in [3.8, 4) is 0 Å². The molecule has 17 heavy (non-hydrogen) atoms. The second-order valence-electron chi connectivity index (χ2n) is 4.71. The van der Waals surface area contributed by atoms with Crippen LogP contribution in [0.1, 0.15) is 44.4 Å². The molecule has 1 aromatic heterocycles. The van der Waals surface area contributed by atoms with Gasteiger partial charge in [0.25, 0.3) is 0 Å². The predicted molar refractivity (Wildman–Crippen MR) is 80.0 cm³/mol. The second-order valence-corrected chi connectivity index (χ2v) is 6.30. The molecule has 0 atom stereocenters. The molecule has 1 nitrogen and oxygen atoms in total. The van der Waals surface area contributed by atoms with Crippen molar-refractivity contribution in [1.29, 1.82) is 0 Å². The Kier molecular flexibility index (Phi) is 7.40. The first-order valence-corrected chi connectivity index (χ1v) is 8.42. The van der Waals surface area contributed by atoms with Crippen molar-refractivity contribution in [2.75, 3.05) is 11.9 Å². The van der Waals surface area contributed by atoms with Gasteiger partial charge in [0.05, 0.1) is 13.2 Å². The second kappa shape index (κ2) is 8.28. The van der Waals surface area contributed by atoms with Gasteiger partial charge in [-0.1, -0.05) is 48.7 Å². The van der Waals surface area contributed by atoms with Crippen LogP contribution in [-0.2, 0) is 11.3 Å². The van der Waals surface area contributed by atoms with Crippen LogP contribution in [0.25, 0.3) is 0 Å². The quantitative estimate of drug-likeness (QED) is 0.565. The summed E-state index contributed by atoms with van der Waals surface area (Å²) in [5.74, 6) is 0. The van der Waals surface area contributed by atoms with Gasteiger partial charge in [0.15, 0.2) is 0 Å². The molecule has 0 amide bonds. The summed E-state index contributed by atoms with van der Waals surface area (Å²) in [5.41, 5.74) is 0.334. The SMILES string of the molecule is CCCC(CBr)(CCC)COCc1cccs1. The minimum atomic E-state index is 0.334. The van der Waals surface area contributed by atoms with Crippen LogP contribution in [-0.4, -0.2) is 11.9 Å². The van der Waals surface area contributed by atoms with E-state index >= 15 is 0 Å². The van der Waals surface area contributed by atoms with Gasteiger partial charge in [0.1, 0.15) is 0 Å². The van der Waals surface area contributed by atoms with Crippen LogP contribution in [0.3, 0.4) is 0 Å². The number of hydrogen-bond donors (Lipinski definition) is 0. The normalized spacial score (nSPS) is 11.9. The molecule has 0 aliphatic rings. The highest BCUT2D eigenvalue weighted by Crippen LogP contribution is 2.32. The average Bonchev–Trinajstić information content (AvgIpc) is 2.82. The number of thiophene rings is 1. The zero-order chi connectivity index (χ0) is 12.6. The first-order valence-electron chi connectivity index (χ1n) is 6.42. The van der Waals surface area contributed by atoms with E-state index in [9.17, 15) is 0 Å². The molecule has 1 aromatic rings. The molecule has 0 spiro atoms. The molecule has 3 heteroatoms. The molecule has 0 aliphatic heterocycles. The summed E-state index contributed by atoms with van der Waals surface area (Å²) in [6.07, 6.45) is 4.95. The monoisotopic (exact) mass is 318 g/mol. The predicted octanol–water partition coefficient (Wildman–Crippen LogP) is 5.25. The Labute approximate surface area is 118 Å². The third kappa shape index (κ3) is 5.11. The number of rotatable bonds is 9. The highest BCUT2D eigenvalue weighted by molar-refractivity contribution is 9.09. The van der Waals surface area contributed by atoms with E-state index in [-0.39, 0.29) is 0 Å². The fraction of sp³-hybridized carbons (Fsp3) is 0.714. The van der Waals surface area contributed by atoms with Gasteiger partial charge >= 0.3 is 0 Å². The maximum absolute atomic E-state index is 5.92. The van der Waals surface area contributed by atoms with Crippen molar-refractivity contribution in [3.63, 3.8) is 0 Å². The summed E-state index contributed by atoms with van der Waals surface area (Å²) in [6.45, 7) is 6.15. The summed E-state index contributed by atoms with van der Waals surface area (Å²) in [5, 5.41) is 3.15. The van der Waals surface area contributed by atoms with Crippen LogP contribution in [0.2, 0.25) is 0 Å². The summed E-state index contributed by atoms with van der Waals surface area (Å²) >= 11 is 5.45. The minimum Gasteiger partial charge on any atom is -0.375 e. The van der Waals surface area contributed by atoms with E-state index in [0.29, 0.717) is 5.41 Å². The van der Waals surface area contributed by atoms with E-state index in [2.05, 4.69) is 47.3 Å². The minimum absolute atomic E-state index is 0.334. The number of alkyl halides is 1. The Morgan fingerprint density at radius 1 is 1.29 bits per heavy atom. The van der Waals surface area contributed by atoms with Crippen LogP contribution >= 0.6 is 27.3 Å². The Balaban J connectivity index is 2.42. The van der Waals surface area contributed by atoms with Crippen molar-refractivity contribution in [3.05, 3.63) is 22.4 Å². The van der Waals surface area contributed by atoms with E-state index in [0.717, 1.165) is 18.5 Å². The standard InChI is InChI=1S/C14H23BrOS/c1-3-7-14(11-15,8-4-2)12-16-10-13-6-5-9-17-13/h5-6,9H,3-4,7-8,10-12H2,1-2H3. The maximum atomic E-state index is 5.92. The Morgan fingerprint density at radius 2 is 2.00 bits per heavy atom. The average molecular weight is 319 g/mol. The van der Waals surface area contributed by atoms with E-state index in [1.165, 1.54) is 30.6 Å². The number of ether oxygens (including phenoxy) is 1. The third-order valence-corrected chi connectivity index (χ3v) is 5.12. The lowest BCUT2D eigenvalue weighted by atomic mass is 9.82. The lowest BCUT2D eigenvalue weighted by Gasteiger charge is -2.31. The maximum Gasteiger partial charge on any atom is 0.0809 e. The molecule has 0 saturated carbocycles. The molecule has 0 saturated heterocycles. The van der Waals surface area contributed by atoms with Crippen LogP contribution in [0.15, 0.2) is 17.5 Å². The molecule has 0 unspecified atom stereocenters. The van der Waals surface area contributed by atoms with E-state index in [1.54, 1.807) is 11.3 Å². The van der Waals surface area contributed by atoms with Gasteiger partial charge in [-0.05, 0) is 24.3 Å². The summed E-state index contributed by atoms with van der Waals surface area (Å²) in [6, 6.07) is 4.22. The van der Waals surface area contributed by atoms with Crippen LogP contribution in [0.5, 0.6) is 0 Å². The van der Waals surface area contributed by atoms with Gasteiger partial charge in [0, 0.05) is 15.6 Å². The summed E-state index contributed by atoms with van der Waals surface area (Å²) < 4.78 is 5.92. The molecular formula is C14H23BrOS. The molecule has 0 bridgehead atoms. The number of halogens is 1. The van der Waals surface area contributed by atoms with Gasteiger partial charge < -0.3 is 4.74 Å². The van der Waals surface area contributed by atoms with E-state index in [4.69, 9.17) is 4.74 Å². The lowest BCUT2D eigenvalue weighted by molar-refractivity contribution is 0.0367. The van der Waals surface area contributed by atoms with Crippen molar-refractivity contribution < 1.29 is 4.74 Å². The van der Waals surface area contributed by atoms with Gasteiger partial charge in [-0.15, -0.1) is 11.3 Å². The molecule has 0 fully saturated rings. The molecular weight excluding hydrogens is 296 g/mol. The highest BCUT2D eigenvalue weighted by Gasteiger charge is 2.27. The van der Waals surface area contributed by atoms with Gasteiger partial charge in [-0.3, -0.25) is 0 Å². The van der Waals surface area contributed by atoms with Crippen molar-refractivity contribution >= 4 is 27.3 Å². The Bertz CT molecular complexity index is 278. The highest BCUT2D eigenvalue weighted by atomic mass is 79.9. The van der Waals surface area contributed by atoms with Crippen LogP contribution in [0, 0.1) is 5.41 Å². The molecule has 1 rings (SSSR count). The molecule has 0 N–H and O–H groups in total. The Hall–Kier alpha value is 0.140. The van der Waals surface area contributed by atoms with Crippen molar-refractivity contribution in [1.82, 2.24) is 0 Å². The van der Waals surface area contributed by atoms with Gasteiger partial charge in [-0.2, -0.15) is 0 Å². The number of hydrogen-bond acceptors (Lipinski definition) is 2. The zero-order valence-electron chi connectivity index (χ0n) is 10.9. The molecule has 0 aromatic carbocycles. The van der Waals surface area contributed by atoms with Gasteiger partial charge in [-0.25, -0.2) is 0 Å². The lowest BCUT2D eigenvalue weighted by Crippen LogP contribution is -2.28. The van der Waals surface area contributed by atoms with Gasteiger partial charge in [0.2, 0.25) is 0 Å². The summed E-state index contributed by atoms with van der Waals surface area (Å²) in [7, 11) is 0. The third-order valence-electron chi connectivity index (χ3n) is 3.08. The van der Waals surface area contributed by atoms with Crippen LogP contribution in [0.4, 0.5) is 0 Å². The molecule has 98 valence electrons. The van der Waals surface area contributed by atoms with Crippen LogP contribution < -0.4 is 0 Å².